The summed E-state index contributed by atoms with van der Waals surface area (Å²) in [6.45, 7) is 3.38. The molecule has 0 bridgehead atoms. The van der Waals surface area contributed by atoms with Crippen LogP contribution in [-0.2, 0) is 9.53 Å². The summed E-state index contributed by atoms with van der Waals surface area (Å²) in [5.74, 6) is -0.283. The van der Waals surface area contributed by atoms with Gasteiger partial charge in [-0.15, -0.1) is 0 Å². The molecule has 104 valence electrons. The lowest BCUT2D eigenvalue weighted by Gasteiger charge is -2.34. The Bertz CT molecular complexity index is 301. The second-order valence-electron chi connectivity index (χ2n) is 4.24. The fourth-order valence-electron chi connectivity index (χ4n) is 1.75. The van der Waals surface area contributed by atoms with Crippen molar-refractivity contribution in [1.82, 2.24) is 10.2 Å². The standard InChI is InChI=1S/C11H20N2O4S/c1-8-7-17-5-4-13(8)11(16)12-9(10(14)15)3-6-18-2/h8-9H,3-7H2,1-2H3,(H,12,16)(H,14,15)/t8?,9-/m1/s1. The number of carboxylic acids is 1. The van der Waals surface area contributed by atoms with Crippen LogP contribution in [0.15, 0.2) is 0 Å². The monoisotopic (exact) mass is 276 g/mol. The molecule has 1 heterocycles. The average Bonchev–Trinajstić information content (AvgIpc) is 2.34. The van der Waals surface area contributed by atoms with Gasteiger partial charge in [0.2, 0.25) is 0 Å². The molecule has 1 saturated heterocycles. The molecule has 1 aliphatic rings. The van der Waals surface area contributed by atoms with E-state index in [2.05, 4.69) is 5.32 Å². The van der Waals surface area contributed by atoms with Crippen molar-refractivity contribution in [2.24, 2.45) is 0 Å². The molecule has 0 radical (unpaired) electrons. The van der Waals surface area contributed by atoms with E-state index in [9.17, 15) is 9.59 Å². The van der Waals surface area contributed by atoms with E-state index in [1.807, 2.05) is 13.2 Å². The summed E-state index contributed by atoms with van der Waals surface area (Å²) in [6.07, 6.45) is 2.34. The first-order valence-corrected chi connectivity index (χ1v) is 7.32. The average molecular weight is 276 g/mol. The lowest BCUT2D eigenvalue weighted by Crippen LogP contribution is -2.54. The molecule has 18 heavy (non-hydrogen) atoms. The highest BCUT2D eigenvalue weighted by molar-refractivity contribution is 7.98. The molecule has 0 aromatic rings. The van der Waals surface area contributed by atoms with Gasteiger partial charge in [0.05, 0.1) is 19.3 Å². The van der Waals surface area contributed by atoms with E-state index >= 15 is 0 Å². The molecule has 1 rings (SSSR count). The molecule has 0 saturated carbocycles. The number of thioether (sulfide) groups is 1. The highest BCUT2D eigenvalue weighted by Gasteiger charge is 2.27. The molecule has 1 unspecified atom stereocenters. The summed E-state index contributed by atoms with van der Waals surface area (Å²) in [7, 11) is 0. The number of carbonyl (C=O) groups excluding carboxylic acids is 1. The number of urea groups is 1. The second kappa shape index (κ2) is 7.48. The number of aliphatic carboxylic acids is 1. The largest absolute Gasteiger partial charge is 0.480 e. The molecule has 0 aromatic carbocycles. The summed E-state index contributed by atoms with van der Waals surface area (Å²) < 4.78 is 5.24. The predicted molar refractivity (Wildman–Crippen MR) is 69.9 cm³/mol. The summed E-state index contributed by atoms with van der Waals surface area (Å²) in [6, 6.07) is -1.16. The maximum Gasteiger partial charge on any atom is 0.326 e. The van der Waals surface area contributed by atoms with E-state index in [4.69, 9.17) is 9.84 Å². The van der Waals surface area contributed by atoms with Crippen LogP contribution in [0.25, 0.3) is 0 Å². The van der Waals surface area contributed by atoms with Crippen molar-refractivity contribution in [3.05, 3.63) is 0 Å². The van der Waals surface area contributed by atoms with Crippen LogP contribution >= 0.6 is 11.8 Å². The van der Waals surface area contributed by atoms with E-state index in [-0.39, 0.29) is 12.1 Å². The molecule has 1 fully saturated rings. The van der Waals surface area contributed by atoms with Crippen LogP contribution in [0.2, 0.25) is 0 Å². The number of carboxylic acid groups (broad SMARTS) is 1. The van der Waals surface area contributed by atoms with Crippen LogP contribution in [0.3, 0.4) is 0 Å². The number of hydrogen-bond donors (Lipinski definition) is 2. The first kappa shape index (κ1) is 15.1. The van der Waals surface area contributed by atoms with Crippen molar-refractivity contribution < 1.29 is 19.4 Å². The second-order valence-corrected chi connectivity index (χ2v) is 5.22. The molecule has 2 amide bonds. The topological polar surface area (TPSA) is 78.9 Å². The normalized spacial score (nSPS) is 21.4. The number of morpholine rings is 1. The van der Waals surface area contributed by atoms with Gasteiger partial charge in [-0.1, -0.05) is 0 Å². The lowest BCUT2D eigenvalue weighted by atomic mass is 10.2. The minimum atomic E-state index is -0.988. The van der Waals surface area contributed by atoms with Crippen molar-refractivity contribution in [1.29, 1.82) is 0 Å². The number of nitrogens with zero attached hydrogens (tertiary/aromatic N) is 1. The SMILES string of the molecule is CSCC[C@@H](NC(=O)N1CCOCC1C)C(=O)O. The highest BCUT2D eigenvalue weighted by Crippen LogP contribution is 2.08. The predicted octanol–water partition coefficient (Wildman–Crippen LogP) is 0.623. The van der Waals surface area contributed by atoms with Gasteiger partial charge in [-0.25, -0.2) is 9.59 Å². The van der Waals surface area contributed by atoms with Gasteiger partial charge in [0, 0.05) is 6.54 Å². The molecular formula is C11H20N2O4S. The third kappa shape index (κ3) is 4.38. The van der Waals surface area contributed by atoms with Crippen LogP contribution < -0.4 is 5.32 Å². The Morgan fingerprint density at radius 1 is 1.61 bits per heavy atom. The van der Waals surface area contributed by atoms with Crippen LogP contribution in [0.1, 0.15) is 13.3 Å². The molecule has 6 nitrogen and oxygen atoms in total. The Labute approximate surface area is 111 Å². The van der Waals surface area contributed by atoms with E-state index in [0.717, 1.165) is 0 Å². The molecule has 0 aliphatic carbocycles. The highest BCUT2D eigenvalue weighted by atomic mass is 32.2. The summed E-state index contributed by atoms with van der Waals surface area (Å²) in [5.41, 5.74) is 0. The molecular weight excluding hydrogens is 256 g/mol. The minimum absolute atomic E-state index is 0.0197. The number of ether oxygens (including phenoxy) is 1. The van der Waals surface area contributed by atoms with Gasteiger partial charge in [-0.3, -0.25) is 0 Å². The van der Waals surface area contributed by atoms with E-state index < -0.39 is 12.0 Å². The summed E-state index contributed by atoms with van der Waals surface area (Å²) in [5, 5.41) is 11.6. The first-order valence-electron chi connectivity index (χ1n) is 5.93. The summed E-state index contributed by atoms with van der Waals surface area (Å²) in [4.78, 5) is 24.6. The Morgan fingerprint density at radius 2 is 2.33 bits per heavy atom. The zero-order valence-corrected chi connectivity index (χ0v) is 11.5. The Kier molecular flexibility index (Phi) is 6.28. The zero-order valence-electron chi connectivity index (χ0n) is 10.7. The van der Waals surface area contributed by atoms with Crippen LogP contribution in [-0.4, -0.2) is 65.9 Å². The summed E-state index contributed by atoms with van der Waals surface area (Å²) >= 11 is 1.56. The van der Waals surface area contributed by atoms with Crippen molar-refractivity contribution in [3.8, 4) is 0 Å². The van der Waals surface area contributed by atoms with Crippen molar-refractivity contribution in [3.63, 3.8) is 0 Å². The Hall–Kier alpha value is -0.950. The molecule has 0 spiro atoms. The van der Waals surface area contributed by atoms with Gasteiger partial charge in [-0.2, -0.15) is 11.8 Å². The van der Waals surface area contributed by atoms with Gasteiger partial charge in [0.1, 0.15) is 6.04 Å². The van der Waals surface area contributed by atoms with Crippen LogP contribution in [0.4, 0.5) is 4.79 Å². The molecule has 2 atom stereocenters. The number of amides is 2. The quantitative estimate of drug-likeness (QED) is 0.769. The Balaban J connectivity index is 2.51. The van der Waals surface area contributed by atoms with E-state index in [0.29, 0.717) is 31.9 Å². The number of rotatable bonds is 5. The zero-order chi connectivity index (χ0) is 13.5. The lowest BCUT2D eigenvalue weighted by molar-refractivity contribution is -0.139. The van der Waals surface area contributed by atoms with Crippen molar-refractivity contribution in [2.75, 3.05) is 31.8 Å². The van der Waals surface area contributed by atoms with Gasteiger partial charge in [0.25, 0.3) is 0 Å². The van der Waals surface area contributed by atoms with Crippen molar-refractivity contribution >= 4 is 23.8 Å². The molecule has 0 aromatic heterocycles. The number of carbonyl (C=O) groups is 2. The minimum Gasteiger partial charge on any atom is -0.480 e. The van der Waals surface area contributed by atoms with Gasteiger partial charge >= 0.3 is 12.0 Å². The van der Waals surface area contributed by atoms with E-state index in [1.165, 1.54) is 0 Å². The van der Waals surface area contributed by atoms with Crippen LogP contribution in [0, 0.1) is 0 Å². The maximum atomic E-state index is 12.0. The molecule has 2 N–H and O–H groups in total. The number of hydrogen-bond acceptors (Lipinski definition) is 4. The number of nitrogens with one attached hydrogen (secondary N) is 1. The van der Waals surface area contributed by atoms with Gasteiger partial charge < -0.3 is 20.1 Å². The third-order valence-corrected chi connectivity index (χ3v) is 3.48. The first-order chi connectivity index (χ1) is 8.56. The molecule has 1 aliphatic heterocycles. The fraction of sp³-hybridized carbons (Fsp3) is 0.818. The van der Waals surface area contributed by atoms with Gasteiger partial charge in [0.15, 0.2) is 0 Å². The van der Waals surface area contributed by atoms with Gasteiger partial charge in [-0.05, 0) is 25.4 Å². The van der Waals surface area contributed by atoms with Crippen molar-refractivity contribution in [2.45, 2.75) is 25.4 Å². The van der Waals surface area contributed by atoms with E-state index in [1.54, 1.807) is 16.7 Å². The fourth-order valence-corrected chi connectivity index (χ4v) is 2.23. The van der Waals surface area contributed by atoms with Crippen LogP contribution in [0.5, 0.6) is 0 Å². The third-order valence-electron chi connectivity index (χ3n) is 2.83. The maximum absolute atomic E-state index is 12.0. The smallest absolute Gasteiger partial charge is 0.326 e. The Morgan fingerprint density at radius 3 is 2.89 bits per heavy atom. The molecule has 7 heteroatoms.